The van der Waals surface area contributed by atoms with Gasteiger partial charge in [-0.15, -0.1) is 10.2 Å². The van der Waals surface area contributed by atoms with Crippen LogP contribution in [0.5, 0.6) is 11.5 Å². The zero-order valence-corrected chi connectivity index (χ0v) is 19.4. The molecule has 2 aromatic carbocycles. The van der Waals surface area contributed by atoms with Gasteiger partial charge in [-0.05, 0) is 49.6 Å². The maximum absolute atomic E-state index is 13.0. The molecule has 0 aliphatic carbocycles. The quantitative estimate of drug-likeness (QED) is 0.520. The van der Waals surface area contributed by atoms with Gasteiger partial charge in [-0.25, -0.2) is 0 Å². The van der Waals surface area contributed by atoms with Gasteiger partial charge in [0.05, 0.1) is 11.8 Å². The highest BCUT2D eigenvalue weighted by Crippen LogP contribution is 2.38. The average Bonchev–Trinajstić information content (AvgIpc) is 3.48. The van der Waals surface area contributed by atoms with Gasteiger partial charge < -0.3 is 19.7 Å². The number of thioether (sulfide) groups is 1. The van der Waals surface area contributed by atoms with Gasteiger partial charge in [0.2, 0.25) is 11.0 Å². The first-order valence-corrected chi connectivity index (χ1v) is 12.4. The molecule has 2 aliphatic rings. The molecular weight excluding hydrogens is 444 g/mol. The summed E-state index contributed by atoms with van der Waals surface area (Å²) in [5.41, 5.74) is 3.28. The monoisotopic (exact) mass is 468 g/mol. The second-order valence-corrected chi connectivity index (χ2v) is 10.0. The zero-order valence-electron chi connectivity index (χ0n) is 17.7. The highest BCUT2D eigenvalue weighted by Gasteiger charge is 2.31. The normalized spacial score (nSPS) is 17.4. The number of ether oxygens (including phenoxy) is 2. The number of nitrogens with one attached hydrogen (secondary N) is 1. The molecule has 1 amide bonds. The fourth-order valence-corrected chi connectivity index (χ4v) is 5.62. The van der Waals surface area contributed by atoms with Gasteiger partial charge in [0.25, 0.3) is 0 Å². The van der Waals surface area contributed by atoms with Crippen LogP contribution in [0.3, 0.4) is 0 Å². The lowest BCUT2D eigenvalue weighted by Crippen LogP contribution is -2.32. The lowest BCUT2D eigenvalue weighted by atomic mass is 10.0. The highest BCUT2D eigenvalue weighted by atomic mass is 32.2. The number of nitrogens with zero attached hydrogens (tertiary/aromatic N) is 3. The molecule has 2 aliphatic heterocycles. The van der Waals surface area contributed by atoms with E-state index >= 15 is 0 Å². The Morgan fingerprint density at radius 2 is 1.97 bits per heavy atom. The van der Waals surface area contributed by atoms with Gasteiger partial charge in [-0.2, -0.15) is 0 Å². The molecule has 3 aromatic rings. The Kier molecular flexibility index (Phi) is 6.18. The summed E-state index contributed by atoms with van der Waals surface area (Å²) in [6, 6.07) is 14.2. The fraction of sp³-hybridized carbons (Fsp3) is 0.348. The van der Waals surface area contributed by atoms with Crippen LogP contribution in [0, 0.1) is 6.92 Å². The van der Waals surface area contributed by atoms with Gasteiger partial charge in [-0.1, -0.05) is 46.9 Å². The summed E-state index contributed by atoms with van der Waals surface area (Å²) in [5, 5.41) is 12.4. The number of anilines is 2. The highest BCUT2D eigenvalue weighted by molar-refractivity contribution is 8.01. The molecule has 32 heavy (non-hydrogen) atoms. The van der Waals surface area contributed by atoms with E-state index in [0.717, 1.165) is 51.6 Å². The van der Waals surface area contributed by atoms with Crippen molar-refractivity contribution in [3.05, 3.63) is 53.6 Å². The number of likely N-dealkylation sites (tertiary alicyclic amines) is 1. The van der Waals surface area contributed by atoms with E-state index in [1.54, 1.807) is 0 Å². The Morgan fingerprint density at radius 1 is 1.16 bits per heavy atom. The lowest BCUT2D eigenvalue weighted by Gasteiger charge is -2.26. The molecule has 1 atom stereocenters. The second-order valence-electron chi connectivity index (χ2n) is 7.80. The van der Waals surface area contributed by atoms with Crippen molar-refractivity contribution in [1.29, 1.82) is 0 Å². The molecule has 0 unspecified atom stereocenters. The van der Waals surface area contributed by atoms with Crippen molar-refractivity contribution in [3.63, 3.8) is 0 Å². The molecule has 1 N–H and O–H groups in total. The lowest BCUT2D eigenvalue weighted by molar-refractivity contribution is -0.129. The van der Waals surface area contributed by atoms with Crippen molar-refractivity contribution >= 4 is 39.8 Å². The Hall–Kier alpha value is -2.78. The van der Waals surface area contributed by atoms with Crippen molar-refractivity contribution in [2.24, 2.45) is 0 Å². The minimum Gasteiger partial charge on any atom is -0.486 e. The summed E-state index contributed by atoms with van der Waals surface area (Å²) in [7, 11) is 0. The first-order valence-electron chi connectivity index (χ1n) is 10.6. The van der Waals surface area contributed by atoms with E-state index in [2.05, 4.69) is 22.4 Å². The molecule has 166 valence electrons. The fourth-order valence-electron chi connectivity index (χ4n) is 3.96. The molecule has 0 radical (unpaired) electrons. The molecule has 9 heteroatoms. The molecule has 0 spiro atoms. The number of amides is 1. The van der Waals surface area contributed by atoms with Crippen molar-refractivity contribution in [2.75, 3.05) is 30.8 Å². The van der Waals surface area contributed by atoms with Crippen LogP contribution in [-0.2, 0) is 4.79 Å². The van der Waals surface area contributed by atoms with Crippen LogP contribution in [-0.4, -0.2) is 46.5 Å². The van der Waals surface area contributed by atoms with E-state index < -0.39 is 0 Å². The number of carbonyl (C=O) groups excluding carboxylic acids is 1. The summed E-state index contributed by atoms with van der Waals surface area (Å²) >= 11 is 2.90. The van der Waals surface area contributed by atoms with E-state index in [4.69, 9.17) is 9.47 Å². The van der Waals surface area contributed by atoms with Crippen LogP contribution in [0.1, 0.15) is 30.0 Å². The summed E-state index contributed by atoms with van der Waals surface area (Å²) in [6.07, 6.45) is 1.96. The molecule has 0 saturated carbocycles. The molecule has 1 fully saturated rings. The first kappa shape index (κ1) is 21.1. The van der Waals surface area contributed by atoms with Gasteiger partial charge >= 0.3 is 0 Å². The number of aromatic nitrogens is 2. The number of benzene rings is 2. The minimum atomic E-state index is 0.0760. The van der Waals surface area contributed by atoms with Crippen LogP contribution in [0.4, 0.5) is 10.8 Å². The molecule has 1 saturated heterocycles. The maximum Gasteiger partial charge on any atom is 0.233 e. The molecule has 1 aromatic heterocycles. The number of hydrogen-bond donors (Lipinski definition) is 1. The van der Waals surface area contributed by atoms with Gasteiger partial charge in [0.1, 0.15) is 13.2 Å². The molecule has 3 heterocycles. The Balaban J connectivity index is 1.19. The van der Waals surface area contributed by atoms with Crippen molar-refractivity contribution in [2.45, 2.75) is 30.1 Å². The number of hydrogen-bond acceptors (Lipinski definition) is 8. The van der Waals surface area contributed by atoms with Crippen molar-refractivity contribution in [1.82, 2.24) is 15.1 Å². The molecular formula is C23H24N4O3S2. The van der Waals surface area contributed by atoms with Crippen LogP contribution in [0.15, 0.2) is 46.8 Å². The van der Waals surface area contributed by atoms with Crippen LogP contribution < -0.4 is 14.8 Å². The van der Waals surface area contributed by atoms with Crippen LogP contribution >= 0.6 is 23.1 Å². The predicted molar refractivity (Wildman–Crippen MR) is 126 cm³/mol. The maximum atomic E-state index is 13.0. The SMILES string of the molecule is Cc1ccc(Nc2nnc(SCC(=O)N3CCC[C@H]3c3ccc4c(c3)OCCO4)s2)cc1. The number of fused-ring (bicyclic) bond motifs is 1. The predicted octanol–water partition coefficient (Wildman–Crippen LogP) is 4.82. The number of aryl methyl sites for hydroxylation is 1. The summed E-state index contributed by atoms with van der Waals surface area (Å²) in [4.78, 5) is 15.0. The molecule has 7 nitrogen and oxygen atoms in total. The molecule has 0 bridgehead atoms. The molecule has 5 rings (SSSR count). The number of carbonyl (C=O) groups is 1. The Labute approximate surface area is 195 Å². The summed E-state index contributed by atoms with van der Waals surface area (Å²) < 4.78 is 12.1. The Bertz CT molecular complexity index is 1100. The van der Waals surface area contributed by atoms with E-state index in [1.807, 2.05) is 47.4 Å². The number of rotatable bonds is 6. The standard InChI is InChI=1S/C23H24N4O3S2/c1-15-4-7-17(8-5-15)24-22-25-26-23(32-22)31-14-21(28)27-10-2-3-18(27)16-6-9-19-20(13-16)30-12-11-29-19/h4-9,13,18H,2-3,10-12,14H2,1H3,(H,24,25)/t18-/m0/s1. The van der Waals surface area contributed by atoms with E-state index in [-0.39, 0.29) is 11.9 Å². The smallest absolute Gasteiger partial charge is 0.233 e. The third kappa shape index (κ3) is 4.68. The minimum absolute atomic E-state index is 0.0760. The second kappa shape index (κ2) is 9.38. The average molecular weight is 469 g/mol. The van der Waals surface area contributed by atoms with Crippen molar-refractivity contribution in [3.8, 4) is 11.5 Å². The Morgan fingerprint density at radius 3 is 2.81 bits per heavy atom. The first-order chi connectivity index (χ1) is 15.7. The van der Waals surface area contributed by atoms with Crippen LogP contribution in [0.2, 0.25) is 0 Å². The largest absolute Gasteiger partial charge is 0.486 e. The van der Waals surface area contributed by atoms with Crippen molar-refractivity contribution < 1.29 is 14.3 Å². The third-order valence-electron chi connectivity index (χ3n) is 5.55. The van der Waals surface area contributed by atoms with Crippen LogP contribution in [0.25, 0.3) is 0 Å². The summed E-state index contributed by atoms with van der Waals surface area (Å²) in [6.45, 7) is 3.96. The van der Waals surface area contributed by atoms with Gasteiger partial charge in [-0.3, -0.25) is 4.79 Å². The topological polar surface area (TPSA) is 76.6 Å². The zero-order chi connectivity index (χ0) is 21.9. The van der Waals surface area contributed by atoms with Gasteiger partial charge in [0, 0.05) is 12.2 Å². The van der Waals surface area contributed by atoms with Gasteiger partial charge in [0.15, 0.2) is 15.8 Å². The third-order valence-corrected chi connectivity index (χ3v) is 7.51. The van der Waals surface area contributed by atoms with E-state index in [1.165, 1.54) is 28.7 Å². The van der Waals surface area contributed by atoms with E-state index in [9.17, 15) is 4.79 Å². The summed E-state index contributed by atoms with van der Waals surface area (Å²) in [5.74, 6) is 2.01. The van der Waals surface area contributed by atoms with E-state index in [0.29, 0.717) is 19.0 Å².